The molecule has 3 aromatic carbocycles. The Morgan fingerprint density at radius 1 is 1.06 bits per heavy atom. The van der Waals surface area contributed by atoms with Crippen LogP contribution < -0.4 is 10.3 Å². The maximum Gasteiger partial charge on any atom is 0.282 e. The summed E-state index contributed by atoms with van der Waals surface area (Å²) in [6.07, 6.45) is 1.56. The van der Waals surface area contributed by atoms with E-state index in [2.05, 4.69) is 41.9 Å². The number of fused-ring (bicyclic) bond motifs is 1. The molecule has 0 N–H and O–H groups in total. The Kier molecular flexibility index (Phi) is 6.55. The van der Waals surface area contributed by atoms with E-state index in [0.717, 1.165) is 14.5 Å². The van der Waals surface area contributed by atoms with E-state index in [4.69, 9.17) is 16.3 Å². The van der Waals surface area contributed by atoms with Gasteiger partial charge in [-0.1, -0.05) is 55.6 Å². The number of rotatable bonds is 5. The van der Waals surface area contributed by atoms with Crippen LogP contribution in [0.1, 0.15) is 17.0 Å². The summed E-state index contributed by atoms with van der Waals surface area (Å²) in [7, 11) is 0. The minimum atomic E-state index is -0.251. The molecule has 0 fully saturated rings. The number of aromatic nitrogens is 2. The van der Waals surface area contributed by atoms with Crippen molar-refractivity contribution in [2.24, 2.45) is 5.10 Å². The standard InChI is InChI=1S/C23H16Br2ClN3O2/c1-14-28-21-8-6-18(25)11-20(21)23(30)29(14)27-12-16-10-19(26)7-9-22(16)31-13-15-2-4-17(24)5-3-15/h2-12H,13H2,1H3. The van der Waals surface area contributed by atoms with Gasteiger partial charge in [0.1, 0.15) is 18.2 Å². The molecule has 1 heterocycles. The Hall–Kier alpha value is -2.48. The molecule has 0 spiro atoms. The number of hydrogen-bond donors (Lipinski definition) is 0. The Morgan fingerprint density at radius 2 is 1.81 bits per heavy atom. The van der Waals surface area contributed by atoms with Crippen molar-refractivity contribution in [3.05, 3.63) is 102 Å². The predicted molar refractivity (Wildman–Crippen MR) is 131 cm³/mol. The van der Waals surface area contributed by atoms with E-state index in [1.54, 1.807) is 43.5 Å². The van der Waals surface area contributed by atoms with Crippen LogP contribution in [0.25, 0.3) is 10.9 Å². The molecule has 1 aromatic heterocycles. The number of ether oxygens (including phenoxy) is 1. The molecule has 5 nitrogen and oxygen atoms in total. The highest BCUT2D eigenvalue weighted by molar-refractivity contribution is 9.10. The van der Waals surface area contributed by atoms with Gasteiger partial charge in [-0.25, -0.2) is 4.98 Å². The van der Waals surface area contributed by atoms with Crippen LogP contribution in [0.2, 0.25) is 5.02 Å². The molecule has 0 atom stereocenters. The lowest BCUT2D eigenvalue weighted by atomic mass is 10.2. The fraction of sp³-hybridized carbons (Fsp3) is 0.0870. The number of nitrogens with zero attached hydrogens (tertiary/aromatic N) is 3. The van der Waals surface area contributed by atoms with Crippen LogP contribution in [0.15, 0.2) is 79.5 Å². The summed E-state index contributed by atoms with van der Waals surface area (Å²) in [4.78, 5) is 17.4. The molecule has 0 aliphatic heterocycles. The highest BCUT2D eigenvalue weighted by atomic mass is 79.9. The van der Waals surface area contributed by atoms with Gasteiger partial charge >= 0.3 is 0 Å². The monoisotopic (exact) mass is 559 g/mol. The number of aryl methyl sites for hydroxylation is 1. The number of benzene rings is 3. The van der Waals surface area contributed by atoms with Gasteiger partial charge in [0.15, 0.2) is 0 Å². The Balaban J connectivity index is 1.67. The summed E-state index contributed by atoms with van der Waals surface area (Å²) in [5.41, 5.74) is 2.06. The van der Waals surface area contributed by atoms with Crippen molar-refractivity contribution in [3.8, 4) is 5.75 Å². The molecule has 8 heteroatoms. The topological polar surface area (TPSA) is 56.5 Å². The van der Waals surface area contributed by atoms with Gasteiger partial charge in [-0.05, 0) is 61.0 Å². The van der Waals surface area contributed by atoms with E-state index < -0.39 is 0 Å². The molecule has 4 rings (SSSR count). The van der Waals surface area contributed by atoms with E-state index in [0.29, 0.717) is 39.7 Å². The Labute approximate surface area is 200 Å². The van der Waals surface area contributed by atoms with Crippen LogP contribution in [0.3, 0.4) is 0 Å². The molecule has 0 aliphatic carbocycles. The second-order valence-corrected chi connectivity index (χ2v) is 9.05. The van der Waals surface area contributed by atoms with Crippen molar-refractivity contribution >= 4 is 60.6 Å². The van der Waals surface area contributed by atoms with E-state index in [1.807, 2.05) is 30.3 Å². The van der Waals surface area contributed by atoms with Gasteiger partial charge in [0.25, 0.3) is 5.56 Å². The molecular weight excluding hydrogens is 546 g/mol. The van der Waals surface area contributed by atoms with E-state index in [1.165, 1.54) is 4.68 Å². The van der Waals surface area contributed by atoms with Gasteiger partial charge in [-0.15, -0.1) is 0 Å². The van der Waals surface area contributed by atoms with Crippen molar-refractivity contribution in [3.63, 3.8) is 0 Å². The van der Waals surface area contributed by atoms with Crippen molar-refractivity contribution in [1.29, 1.82) is 0 Å². The van der Waals surface area contributed by atoms with Gasteiger partial charge in [-0.2, -0.15) is 9.78 Å². The molecule has 0 radical (unpaired) electrons. The molecule has 4 aromatic rings. The van der Waals surface area contributed by atoms with Crippen LogP contribution in [0, 0.1) is 6.92 Å². The van der Waals surface area contributed by atoms with Crippen molar-refractivity contribution in [2.75, 3.05) is 0 Å². The lowest BCUT2D eigenvalue weighted by Gasteiger charge is -2.10. The maximum atomic E-state index is 12.9. The molecule has 0 aliphatic rings. The minimum Gasteiger partial charge on any atom is -0.488 e. The highest BCUT2D eigenvalue weighted by Crippen LogP contribution is 2.23. The smallest absolute Gasteiger partial charge is 0.282 e. The highest BCUT2D eigenvalue weighted by Gasteiger charge is 2.09. The first-order valence-corrected chi connectivity index (χ1v) is 11.3. The largest absolute Gasteiger partial charge is 0.488 e. The predicted octanol–water partition coefficient (Wildman–Crippen LogP) is 6.34. The average molecular weight is 562 g/mol. The molecule has 0 bridgehead atoms. The zero-order valence-corrected chi connectivity index (χ0v) is 20.3. The number of hydrogen-bond acceptors (Lipinski definition) is 4. The molecule has 156 valence electrons. The SMILES string of the molecule is Cc1nc2ccc(Br)cc2c(=O)n1N=Cc1cc(Cl)ccc1OCc1ccc(Br)cc1. The third-order valence-electron chi connectivity index (χ3n) is 4.56. The number of halogens is 3. The van der Waals surface area contributed by atoms with Crippen molar-refractivity contribution < 1.29 is 4.74 Å². The molecule has 31 heavy (non-hydrogen) atoms. The third kappa shape index (κ3) is 5.06. The van der Waals surface area contributed by atoms with Crippen LogP contribution in [0.5, 0.6) is 5.75 Å². The van der Waals surface area contributed by atoms with Gasteiger partial charge in [0, 0.05) is 19.5 Å². The summed E-state index contributed by atoms with van der Waals surface area (Å²) in [5, 5.41) is 5.41. The van der Waals surface area contributed by atoms with Crippen LogP contribution in [0.4, 0.5) is 0 Å². The molecule has 0 amide bonds. The normalized spacial score (nSPS) is 11.4. The second kappa shape index (κ2) is 9.34. The average Bonchev–Trinajstić information content (AvgIpc) is 2.75. The Morgan fingerprint density at radius 3 is 2.58 bits per heavy atom. The summed E-state index contributed by atoms with van der Waals surface area (Å²) >= 11 is 13.0. The second-order valence-electron chi connectivity index (χ2n) is 6.78. The van der Waals surface area contributed by atoms with Gasteiger partial charge in [-0.3, -0.25) is 4.79 Å². The summed E-state index contributed by atoms with van der Waals surface area (Å²) in [6, 6.07) is 18.6. The van der Waals surface area contributed by atoms with Crippen molar-refractivity contribution in [2.45, 2.75) is 13.5 Å². The van der Waals surface area contributed by atoms with Crippen LogP contribution >= 0.6 is 43.5 Å². The fourth-order valence-electron chi connectivity index (χ4n) is 3.01. The summed E-state index contributed by atoms with van der Waals surface area (Å²) in [6.45, 7) is 2.13. The molecule has 0 saturated heterocycles. The zero-order valence-electron chi connectivity index (χ0n) is 16.3. The molecular formula is C23H16Br2ClN3O2. The maximum absolute atomic E-state index is 12.9. The quantitative estimate of drug-likeness (QED) is 0.267. The van der Waals surface area contributed by atoms with E-state index in [9.17, 15) is 4.79 Å². The van der Waals surface area contributed by atoms with Gasteiger partial charge in [0.05, 0.1) is 17.1 Å². The zero-order chi connectivity index (χ0) is 22.0. The first-order chi connectivity index (χ1) is 14.9. The van der Waals surface area contributed by atoms with Gasteiger partial charge < -0.3 is 4.74 Å². The van der Waals surface area contributed by atoms with Gasteiger partial charge in [0.2, 0.25) is 0 Å². The third-order valence-corrected chi connectivity index (χ3v) is 5.82. The van der Waals surface area contributed by atoms with Crippen LogP contribution in [-0.2, 0) is 6.61 Å². The summed E-state index contributed by atoms with van der Waals surface area (Å²) < 4.78 is 9.06. The molecule has 0 unspecified atom stereocenters. The van der Waals surface area contributed by atoms with Crippen LogP contribution in [-0.4, -0.2) is 15.9 Å². The molecule has 0 saturated carbocycles. The lowest BCUT2D eigenvalue weighted by molar-refractivity contribution is 0.306. The van der Waals surface area contributed by atoms with E-state index >= 15 is 0 Å². The van der Waals surface area contributed by atoms with E-state index in [-0.39, 0.29) is 5.56 Å². The first kappa shape index (κ1) is 21.7. The minimum absolute atomic E-state index is 0.251. The first-order valence-electron chi connectivity index (χ1n) is 9.31. The lowest BCUT2D eigenvalue weighted by Crippen LogP contribution is -2.20. The van der Waals surface area contributed by atoms with Crippen molar-refractivity contribution in [1.82, 2.24) is 9.66 Å². The summed E-state index contributed by atoms with van der Waals surface area (Å²) in [5.74, 6) is 1.09. The Bertz CT molecular complexity index is 1350. The fourth-order valence-corrected chi connectivity index (χ4v) is 3.82.